The van der Waals surface area contributed by atoms with Crippen molar-refractivity contribution >= 4 is 0 Å². The average molecular weight is 197 g/mol. The van der Waals surface area contributed by atoms with E-state index >= 15 is 0 Å². The summed E-state index contributed by atoms with van der Waals surface area (Å²) in [5, 5.41) is 3.35. The maximum Gasteiger partial charge on any atom is 0.0732 e. The average Bonchev–Trinajstić information content (AvgIpc) is 2.18. The van der Waals surface area contributed by atoms with Crippen LogP contribution in [0.2, 0.25) is 0 Å². The van der Waals surface area contributed by atoms with Crippen molar-refractivity contribution in [1.82, 2.24) is 5.32 Å². The van der Waals surface area contributed by atoms with Gasteiger partial charge in [0.05, 0.1) is 12.7 Å². The van der Waals surface area contributed by atoms with E-state index in [4.69, 9.17) is 4.74 Å². The molecule has 0 aromatic carbocycles. The zero-order valence-electron chi connectivity index (χ0n) is 9.68. The Morgan fingerprint density at radius 2 is 2.07 bits per heavy atom. The number of nitrogens with one attached hydrogen (secondary N) is 1. The van der Waals surface area contributed by atoms with Crippen LogP contribution in [0.15, 0.2) is 11.6 Å². The molecule has 82 valence electrons. The van der Waals surface area contributed by atoms with Crippen molar-refractivity contribution in [3.63, 3.8) is 0 Å². The first-order chi connectivity index (χ1) is 6.74. The lowest BCUT2D eigenvalue weighted by Gasteiger charge is -2.30. The minimum Gasteiger partial charge on any atom is -0.373 e. The largest absolute Gasteiger partial charge is 0.373 e. The Bertz CT molecular complexity index is 185. The highest BCUT2D eigenvalue weighted by molar-refractivity contribution is 4.93. The van der Waals surface area contributed by atoms with E-state index in [0.29, 0.717) is 12.1 Å². The highest BCUT2D eigenvalue weighted by atomic mass is 16.5. The maximum absolute atomic E-state index is 5.86. The van der Waals surface area contributed by atoms with Gasteiger partial charge in [0.2, 0.25) is 0 Å². The molecule has 0 aromatic heterocycles. The Labute approximate surface area is 87.7 Å². The summed E-state index contributed by atoms with van der Waals surface area (Å²) in [4.78, 5) is 0. The second kappa shape index (κ2) is 6.20. The highest BCUT2D eigenvalue weighted by Gasteiger charge is 2.23. The highest BCUT2D eigenvalue weighted by Crippen LogP contribution is 2.20. The van der Waals surface area contributed by atoms with Gasteiger partial charge in [0, 0.05) is 6.04 Å². The molecule has 2 nitrogen and oxygen atoms in total. The van der Waals surface area contributed by atoms with E-state index in [1.165, 1.54) is 31.3 Å². The van der Waals surface area contributed by atoms with Crippen LogP contribution in [0.1, 0.15) is 39.5 Å². The number of ether oxygens (including phenoxy) is 1. The molecular formula is C12H23NO. The fourth-order valence-electron chi connectivity index (χ4n) is 1.96. The number of likely N-dealkylation sites (N-methyl/N-ethyl adjacent to an activating group) is 1. The van der Waals surface area contributed by atoms with Crippen molar-refractivity contribution < 1.29 is 4.74 Å². The van der Waals surface area contributed by atoms with Gasteiger partial charge in [0.1, 0.15) is 0 Å². The third kappa shape index (κ3) is 3.81. The summed E-state index contributed by atoms with van der Waals surface area (Å²) in [6.45, 7) is 4.99. The topological polar surface area (TPSA) is 21.3 Å². The summed E-state index contributed by atoms with van der Waals surface area (Å²) >= 11 is 0. The standard InChI is InChI=1S/C12H23NO/c1-10(2)8-9-14-12-7-5-4-6-11(12)13-3/h8,11-13H,4-7,9H2,1-3H3. The van der Waals surface area contributed by atoms with Gasteiger partial charge in [0.25, 0.3) is 0 Å². The molecule has 0 heterocycles. The van der Waals surface area contributed by atoms with Crippen molar-refractivity contribution in [2.24, 2.45) is 0 Å². The summed E-state index contributed by atoms with van der Waals surface area (Å²) in [5.74, 6) is 0. The molecule has 0 radical (unpaired) electrons. The molecule has 1 aliphatic carbocycles. The van der Waals surface area contributed by atoms with Crippen LogP contribution in [0.5, 0.6) is 0 Å². The minimum atomic E-state index is 0.421. The SMILES string of the molecule is CNC1CCCCC1OCC=C(C)C. The normalized spacial score (nSPS) is 27.4. The molecule has 1 N–H and O–H groups in total. The van der Waals surface area contributed by atoms with E-state index in [2.05, 4.69) is 25.2 Å². The van der Waals surface area contributed by atoms with Gasteiger partial charge in [-0.15, -0.1) is 0 Å². The predicted octanol–water partition coefficient (Wildman–Crippen LogP) is 2.50. The molecule has 14 heavy (non-hydrogen) atoms. The van der Waals surface area contributed by atoms with E-state index in [1.807, 2.05) is 7.05 Å². The molecule has 1 fully saturated rings. The predicted molar refractivity (Wildman–Crippen MR) is 60.5 cm³/mol. The Morgan fingerprint density at radius 3 is 2.71 bits per heavy atom. The number of allylic oxidation sites excluding steroid dienone is 1. The Balaban J connectivity index is 2.29. The van der Waals surface area contributed by atoms with Gasteiger partial charge in [-0.1, -0.05) is 24.5 Å². The monoisotopic (exact) mass is 197 g/mol. The molecule has 0 aromatic rings. The summed E-state index contributed by atoms with van der Waals surface area (Å²) in [6, 6.07) is 0.564. The van der Waals surface area contributed by atoms with Crippen molar-refractivity contribution in [3.05, 3.63) is 11.6 Å². The second-order valence-corrected chi connectivity index (χ2v) is 4.33. The van der Waals surface area contributed by atoms with Crippen LogP contribution in [0.4, 0.5) is 0 Å². The van der Waals surface area contributed by atoms with E-state index < -0.39 is 0 Å². The van der Waals surface area contributed by atoms with Gasteiger partial charge in [-0.3, -0.25) is 0 Å². The van der Waals surface area contributed by atoms with Gasteiger partial charge in [-0.2, -0.15) is 0 Å². The second-order valence-electron chi connectivity index (χ2n) is 4.33. The van der Waals surface area contributed by atoms with E-state index in [9.17, 15) is 0 Å². The van der Waals surface area contributed by atoms with E-state index in [-0.39, 0.29) is 0 Å². The van der Waals surface area contributed by atoms with Crippen LogP contribution in [0, 0.1) is 0 Å². The van der Waals surface area contributed by atoms with Crippen LogP contribution in [0.25, 0.3) is 0 Å². The number of hydrogen-bond acceptors (Lipinski definition) is 2. The molecule has 1 saturated carbocycles. The molecular weight excluding hydrogens is 174 g/mol. The van der Waals surface area contributed by atoms with Crippen molar-refractivity contribution in [2.45, 2.75) is 51.7 Å². The van der Waals surface area contributed by atoms with Crippen molar-refractivity contribution in [2.75, 3.05) is 13.7 Å². The summed E-state index contributed by atoms with van der Waals surface area (Å²) in [5.41, 5.74) is 1.34. The fraction of sp³-hybridized carbons (Fsp3) is 0.833. The van der Waals surface area contributed by atoms with E-state index in [0.717, 1.165) is 6.61 Å². The zero-order valence-corrected chi connectivity index (χ0v) is 9.68. The third-order valence-corrected chi connectivity index (χ3v) is 2.88. The van der Waals surface area contributed by atoms with Gasteiger partial charge in [-0.25, -0.2) is 0 Å². The van der Waals surface area contributed by atoms with Crippen molar-refractivity contribution in [3.8, 4) is 0 Å². The minimum absolute atomic E-state index is 0.421. The summed E-state index contributed by atoms with van der Waals surface area (Å²) in [6.07, 6.45) is 7.70. The molecule has 2 unspecified atom stereocenters. The van der Waals surface area contributed by atoms with Crippen LogP contribution < -0.4 is 5.32 Å². The molecule has 0 amide bonds. The Kier molecular flexibility index (Phi) is 5.20. The first kappa shape index (κ1) is 11.7. The zero-order chi connectivity index (χ0) is 10.4. The van der Waals surface area contributed by atoms with Crippen LogP contribution in [-0.4, -0.2) is 25.8 Å². The third-order valence-electron chi connectivity index (χ3n) is 2.88. The molecule has 0 saturated heterocycles. The smallest absolute Gasteiger partial charge is 0.0732 e. The van der Waals surface area contributed by atoms with Gasteiger partial charge < -0.3 is 10.1 Å². The number of hydrogen-bond donors (Lipinski definition) is 1. The molecule has 0 spiro atoms. The van der Waals surface area contributed by atoms with Gasteiger partial charge in [-0.05, 0) is 33.7 Å². The van der Waals surface area contributed by atoms with Crippen LogP contribution in [0.3, 0.4) is 0 Å². The molecule has 2 atom stereocenters. The maximum atomic E-state index is 5.86. The van der Waals surface area contributed by atoms with E-state index in [1.54, 1.807) is 0 Å². The van der Waals surface area contributed by atoms with Crippen LogP contribution >= 0.6 is 0 Å². The lowest BCUT2D eigenvalue weighted by molar-refractivity contribution is 0.0228. The van der Waals surface area contributed by atoms with Gasteiger partial charge in [0.15, 0.2) is 0 Å². The molecule has 1 rings (SSSR count). The lowest BCUT2D eigenvalue weighted by Crippen LogP contribution is -2.41. The van der Waals surface area contributed by atoms with Crippen molar-refractivity contribution in [1.29, 1.82) is 0 Å². The summed E-state index contributed by atoms with van der Waals surface area (Å²) in [7, 11) is 2.03. The first-order valence-electron chi connectivity index (χ1n) is 5.66. The molecule has 2 heteroatoms. The molecule has 1 aliphatic rings. The fourth-order valence-corrected chi connectivity index (χ4v) is 1.96. The number of rotatable bonds is 4. The quantitative estimate of drug-likeness (QED) is 0.699. The van der Waals surface area contributed by atoms with Crippen LogP contribution in [-0.2, 0) is 4.74 Å². The summed E-state index contributed by atoms with van der Waals surface area (Å²) < 4.78 is 5.86. The molecule has 0 aliphatic heterocycles. The van der Waals surface area contributed by atoms with Gasteiger partial charge >= 0.3 is 0 Å². The Hall–Kier alpha value is -0.340. The first-order valence-corrected chi connectivity index (χ1v) is 5.66. The lowest BCUT2D eigenvalue weighted by atomic mass is 9.92. The molecule has 0 bridgehead atoms. The Morgan fingerprint density at radius 1 is 1.36 bits per heavy atom.